The summed E-state index contributed by atoms with van der Waals surface area (Å²) in [4.78, 5) is 0. The zero-order chi connectivity index (χ0) is 15.5. The molecule has 1 unspecified atom stereocenters. The third-order valence-electron chi connectivity index (χ3n) is 4.61. The Hall–Kier alpha value is 0.708. The predicted molar refractivity (Wildman–Crippen MR) is 102 cm³/mol. The first kappa shape index (κ1) is 18.8. The molecule has 0 bridgehead atoms. The summed E-state index contributed by atoms with van der Waals surface area (Å²) in [5.74, 6) is 0. The van der Waals surface area contributed by atoms with Crippen LogP contribution in [0.2, 0.25) is 16.6 Å². The maximum Gasteiger partial charge on any atom is 0.197 e. The number of nitrogens with one attached hydrogen (secondary N) is 3. The molecule has 4 nitrogen and oxygen atoms in total. The normalized spacial score (nSPS) is 27.9. The lowest BCUT2D eigenvalue weighted by Crippen LogP contribution is -2.80. The second kappa shape index (κ2) is 7.82. The van der Waals surface area contributed by atoms with Gasteiger partial charge in [-0.1, -0.05) is 55.4 Å². The molecule has 120 valence electrons. The third-order valence-corrected chi connectivity index (χ3v) is 21.5. The van der Waals surface area contributed by atoms with Gasteiger partial charge in [-0.15, -0.1) is 0 Å². The smallest absolute Gasteiger partial charge is 0.197 e. The van der Waals surface area contributed by atoms with Crippen LogP contribution in [0, 0.1) is 0 Å². The fraction of sp³-hybridized carbons (Fsp3) is 1.00. The highest BCUT2D eigenvalue weighted by molar-refractivity contribution is 6.91. The molecule has 0 aromatic heterocycles. The van der Waals surface area contributed by atoms with Crippen LogP contribution in [-0.4, -0.2) is 47.5 Å². The van der Waals surface area contributed by atoms with Crippen molar-refractivity contribution in [1.29, 1.82) is 0 Å². The van der Waals surface area contributed by atoms with Crippen molar-refractivity contribution in [2.75, 3.05) is 0 Å². The Bertz CT molecular complexity index is 291. The summed E-state index contributed by atoms with van der Waals surface area (Å²) in [6, 6.07) is 0.659. The van der Waals surface area contributed by atoms with Crippen molar-refractivity contribution in [2.45, 2.75) is 78.1 Å². The monoisotopic (exact) mass is 348 g/mol. The van der Waals surface area contributed by atoms with Gasteiger partial charge in [-0.3, -0.25) is 0 Å². The Balaban J connectivity index is 3.30. The fourth-order valence-corrected chi connectivity index (χ4v) is 27.3. The molecule has 1 fully saturated rings. The zero-order valence-electron chi connectivity index (χ0n) is 14.7. The highest BCUT2D eigenvalue weighted by atomic mass is 28.4. The maximum absolute atomic E-state index is 4.17. The molecule has 1 saturated heterocycles. The topological polar surface area (TPSA) is 39.3 Å². The molecule has 0 saturated carbocycles. The van der Waals surface area contributed by atoms with Crippen molar-refractivity contribution in [2.24, 2.45) is 0 Å². The van der Waals surface area contributed by atoms with E-state index in [4.69, 9.17) is 0 Å². The summed E-state index contributed by atoms with van der Waals surface area (Å²) in [5.41, 5.74) is 2.31. The molecule has 1 heterocycles. The van der Waals surface area contributed by atoms with Crippen LogP contribution in [0.25, 0.3) is 0 Å². The Labute approximate surface area is 133 Å². The summed E-state index contributed by atoms with van der Waals surface area (Å²) in [7, 11) is -3.28. The highest BCUT2D eigenvalue weighted by Gasteiger charge is 2.50. The van der Waals surface area contributed by atoms with Gasteiger partial charge >= 0.3 is 0 Å². The summed E-state index contributed by atoms with van der Waals surface area (Å²) in [6.07, 6.45) is 0. The Morgan fingerprint density at radius 2 is 1.45 bits per heavy atom. The van der Waals surface area contributed by atoms with Crippen LogP contribution in [0.5, 0.6) is 0 Å². The average molecular weight is 349 g/mol. The summed E-state index contributed by atoms with van der Waals surface area (Å²) in [5, 5.41) is 0. The summed E-state index contributed by atoms with van der Waals surface area (Å²) < 4.78 is 15.0. The molecule has 1 atom stereocenters. The van der Waals surface area contributed by atoms with E-state index in [1.54, 1.807) is 0 Å². The van der Waals surface area contributed by atoms with Gasteiger partial charge in [0.1, 0.15) is 0 Å². The standard InChI is InChI=1S/C12H36N4Si4/c1-9(2)16-19(10(3)4)14-17-13-18-15-20(16,11(5)6)12(7)8/h9-15,19H,17-18H2,1-8H3. The molecule has 1 aliphatic heterocycles. The number of hydrogen-bond acceptors (Lipinski definition) is 4. The second-order valence-electron chi connectivity index (χ2n) is 7.31. The van der Waals surface area contributed by atoms with Gasteiger partial charge in [0.2, 0.25) is 0 Å². The van der Waals surface area contributed by atoms with Crippen LogP contribution >= 0.6 is 0 Å². The van der Waals surface area contributed by atoms with Crippen molar-refractivity contribution in [1.82, 2.24) is 18.2 Å². The van der Waals surface area contributed by atoms with Gasteiger partial charge in [0, 0.05) is 0 Å². The molecule has 20 heavy (non-hydrogen) atoms. The van der Waals surface area contributed by atoms with Crippen molar-refractivity contribution in [3.05, 3.63) is 0 Å². The second-order valence-corrected chi connectivity index (χ2v) is 20.8. The van der Waals surface area contributed by atoms with E-state index in [9.17, 15) is 0 Å². The van der Waals surface area contributed by atoms with E-state index in [0.29, 0.717) is 6.04 Å². The molecule has 0 radical (unpaired) electrons. The van der Waals surface area contributed by atoms with E-state index in [2.05, 4.69) is 73.6 Å². The van der Waals surface area contributed by atoms with Gasteiger partial charge in [0.25, 0.3) is 0 Å². The van der Waals surface area contributed by atoms with E-state index >= 15 is 0 Å². The minimum absolute atomic E-state index is 0.259. The van der Waals surface area contributed by atoms with Gasteiger partial charge in [-0.25, -0.2) is 0 Å². The lowest BCUT2D eigenvalue weighted by Gasteiger charge is -2.55. The molecule has 0 spiro atoms. The highest BCUT2D eigenvalue weighted by Crippen LogP contribution is 2.36. The first-order valence-corrected chi connectivity index (χ1v) is 14.9. The lowest BCUT2D eigenvalue weighted by molar-refractivity contribution is 0.466. The largest absolute Gasteiger partial charge is 0.346 e. The maximum atomic E-state index is 4.17. The minimum Gasteiger partial charge on any atom is -0.346 e. The van der Waals surface area contributed by atoms with Gasteiger partial charge in [0.15, 0.2) is 37.2 Å². The molecular weight excluding hydrogens is 313 g/mol. The van der Waals surface area contributed by atoms with E-state index in [1.165, 1.54) is 0 Å². The van der Waals surface area contributed by atoms with Crippen LogP contribution in [0.4, 0.5) is 0 Å². The van der Waals surface area contributed by atoms with Crippen molar-refractivity contribution < 1.29 is 0 Å². The van der Waals surface area contributed by atoms with Gasteiger partial charge in [-0.05, 0) is 22.7 Å². The van der Waals surface area contributed by atoms with Crippen LogP contribution < -0.4 is 13.9 Å². The molecule has 8 heteroatoms. The molecule has 0 aromatic carbocycles. The van der Waals surface area contributed by atoms with Gasteiger partial charge in [-0.2, -0.15) is 0 Å². The number of rotatable bonds is 4. The first-order chi connectivity index (χ1) is 9.25. The summed E-state index contributed by atoms with van der Waals surface area (Å²) in [6.45, 7) is 19.5. The molecule has 0 aromatic rings. The zero-order valence-corrected chi connectivity index (χ0v) is 19.7. The van der Waals surface area contributed by atoms with Gasteiger partial charge < -0.3 is 18.2 Å². The molecule has 1 aliphatic rings. The van der Waals surface area contributed by atoms with Gasteiger partial charge in [0.05, 0.1) is 0 Å². The average Bonchev–Trinajstić information content (AvgIpc) is 2.26. The Kier molecular flexibility index (Phi) is 7.33. The van der Waals surface area contributed by atoms with E-state index < -0.39 is 17.5 Å². The molecular formula is C12H36N4Si4. The molecule has 3 N–H and O–H groups in total. The predicted octanol–water partition coefficient (Wildman–Crippen LogP) is 0.369. The number of nitrogens with zero attached hydrogens (tertiary/aromatic N) is 1. The number of hydrogen-bond donors (Lipinski definition) is 3. The SMILES string of the molecule is CC(C)N1[SiH](C(C)C)N[SiH2]N[SiH2]N[Si]1(C(C)C)C(C)C. The molecule has 0 aliphatic carbocycles. The first-order valence-electron chi connectivity index (χ1n) is 8.22. The van der Waals surface area contributed by atoms with Crippen LogP contribution in [0.1, 0.15) is 55.4 Å². The van der Waals surface area contributed by atoms with Crippen molar-refractivity contribution in [3.63, 3.8) is 0 Å². The van der Waals surface area contributed by atoms with Crippen molar-refractivity contribution in [3.8, 4) is 0 Å². The van der Waals surface area contributed by atoms with Crippen LogP contribution in [-0.2, 0) is 0 Å². The third kappa shape index (κ3) is 3.72. The van der Waals surface area contributed by atoms with E-state index in [0.717, 1.165) is 16.6 Å². The fourth-order valence-electron chi connectivity index (χ4n) is 3.84. The molecule has 1 rings (SSSR count). The van der Waals surface area contributed by atoms with Crippen LogP contribution in [0.15, 0.2) is 0 Å². The Morgan fingerprint density at radius 3 is 1.85 bits per heavy atom. The van der Waals surface area contributed by atoms with E-state index in [-0.39, 0.29) is 19.7 Å². The summed E-state index contributed by atoms with van der Waals surface area (Å²) >= 11 is 0. The lowest BCUT2D eigenvalue weighted by atomic mass is 10.4. The minimum atomic E-state index is -1.63. The van der Waals surface area contributed by atoms with Crippen molar-refractivity contribution >= 4 is 37.2 Å². The van der Waals surface area contributed by atoms with Crippen LogP contribution in [0.3, 0.4) is 0 Å². The Morgan fingerprint density at radius 1 is 0.900 bits per heavy atom. The van der Waals surface area contributed by atoms with E-state index in [1.807, 2.05) is 0 Å². The quantitative estimate of drug-likeness (QED) is 0.642. The molecule has 0 amide bonds.